The number of imidazole rings is 1. The quantitative estimate of drug-likeness (QED) is 0.858. The summed E-state index contributed by atoms with van der Waals surface area (Å²) in [4.78, 5) is 8.03. The number of nitrogens with zero attached hydrogens (tertiary/aromatic N) is 3. The molecule has 5 heteroatoms. The molecule has 2 rings (SSSR count). The summed E-state index contributed by atoms with van der Waals surface area (Å²) in [5.41, 5.74) is 6.82. The van der Waals surface area contributed by atoms with E-state index in [1.807, 2.05) is 6.92 Å². The Bertz CT molecular complexity index is 463. The molecule has 0 saturated heterocycles. The summed E-state index contributed by atoms with van der Waals surface area (Å²) in [7, 11) is 0. The zero-order chi connectivity index (χ0) is 11.5. The van der Waals surface area contributed by atoms with Crippen molar-refractivity contribution in [2.45, 2.75) is 19.4 Å². The summed E-state index contributed by atoms with van der Waals surface area (Å²) in [6, 6.07) is 2.88. The van der Waals surface area contributed by atoms with E-state index in [1.54, 1.807) is 23.2 Å². The van der Waals surface area contributed by atoms with Gasteiger partial charge >= 0.3 is 0 Å². The molecule has 0 aliphatic heterocycles. The Hall–Kier alpha value is -1.75. The van der Waals surface area contributed by atoms with Crippen molar-refractivity contribution in [3.05, 3.63) is 42.4 Å². The van der Waals surface area contributed by atoms with Gasteiger partial charge in [0.15, 0.2) is 0 Å². The van der Waals surface area contributed by atoms with Crippen molar-refractivity contribution in [1.82, 2.24) is 14.5 Å². The molecule has 1 atom stereocenters. The lowest BCUT2D eigenvalue weighted by Gasteiger charge is -2.11. The zero-order valence-corrected chi connectivity index (χ0v) is 8.97. The van der Waals surface area contributed by atoms with E-state index in [-0.39, 0.29) is 11.9 Å². The Labute approximate surface area is 92.9 Å². The molecule has 0 amide bonds. The lowest BCUT2D eigenvalue weighted by Crippen LogP contribution is -2.13. The molecule has 0 radical (unpaired) electrons. The van der Waals surface area contributed by atoms with Gasteiger partial charge in [-0.25, -0.2) is 14.4 Å². The molecule has 16 heavy (non-hydrogen) atoms. The van der Waals surface area contributed by atoms with Gasteiger partial charge in [-0.05, 0) is 18.6 Å². The van der Waals surface area contributed by atoms with Gasteiger partial charge < -0.3 is 5.73 Å². The second kappa shape index (κ2) is 4.40. The number of hydrogen-bond donors (Lipinski definition) is 1. The summed E-state index contributed by atoms with van der Waals surface area (Å²) < 4.78 is 14.5. The molecular weight excluding hydrogens is 207 g/mol. The first-order chi connectivity index (χ1) is 7.72. The zero-order valence-electron chi connectivity index (χ0n) is 8.97. The van der Waals surface area contributed by atoms with E-state index < -0.39 is 0 Å². The van der Waals surface area contributed by atoms with Crippen molar-refractivity contribution in [1.29, 1.82) is 0 Å². The molecular formula is C11H13FN4. The van der Waals surface area contributed by atoms with Crippen LogP contribution in [0.1, 0.15) is 25.1 Å². The Morgan fingerprint density at radius 2 is 2.25 bits per heavy atom. The third-order valence-corrected chi connectivity index (χ3v) is 2.45. The first kappa shape index (κ1) is 10.8. The van der Waals surface area contributed by atoms with Gasteiger partial charge in [0.05, 0.1) is 18.1 Å². The van der Waals surface area contributed by atoms with Crippen LogP contribution < -0.4 is 5.73 Å². The fraction of sp³-hybridized carbons (Fsp3) is 0.273. The maximum absolute atomic E-state index is 12.7. The maximum Gasteiger partial charge on any atom is 0.141 e. The molecule has 84 valence electrons. The Morgan fingerprint density at radius 3 is 2.88 bits per heavy atom. The van der Waals surface area contributed by atoms with Crippen molar-refractivity contribution in [2.75, 3.05) is 0 Å². The van der Waals surface area contributed by atoms with Crippen LogP contribution in [-0.2, 0) is 0 Å². The van der Waals surface area contributed by atoms with E-state index in [2.05, 4.69) is 9.97 Å². The van der Waals surface area contributed by atoms with Crippen LogP contribution in [0.3, 0.4) is 0 Å². The topological polar surface area (TPSA) is 56.7 Å². The van der Waals surface area contributed by atoms with Gasteiger partial charge in [-0.2, -0.15) is 0 Å². The van der Waals surface area contributed by atoms with Gasteiger partial charge in [0, 0.05) is 6.04 Å². The van der Waals surface area contributed by atoms with Crippen molar-refractivity contribution in [2.24, 2.45) is 5.73 Å². The predicted molar refractivity (Wildman–Crippen MR) is 58.5 cm³/mol. The first-order valence-corrected chi connectivity index (χ1v) is 5.12. The highest BCUT2D eigenvalue weighted by atomic mass is 19.1. The van der Waals surface area contributed by atoms with Crippen LogP contribution in [0.4, 0.5) is 4.39 Å². The number of hydrogen-bond acceptors (Lipinski definition) is 3. The Morgan fingerprint density at radius 1 is 1.44 bits per heavy atom. The average Bonchev–Trinajstić information content (AvgIpc) is 2.78. The fourth-order valence-corrected chi connectivity index (χ4v) is 1.49. The van der Waals surface area contributed by atoms with Crippen LogP contribution in [-0.4, -0.2) is 14.5 Å². The summed E-state index contributed by atoms with van der Waals surface area (Å²) in [5.74, 6) is 0.267. The normalized spacial score (nSPS) is 12.7. The van der Waals surface area contributed by atoms with Gasteiger partial charge in [0.25, 0.3) is 0 Å². The lowest BCUT2D eigenvalue weighted by atomic mass is 10.2. The SMILES string of the molecule is CC[C@@H](N)c1cncn1-c1ccc(F)cn1. The second-order valence-corrected chi connectivity index (χ2v) is 3.54. The molecule has 2 N–H and O–H groups in total. The van der Waals surface area contributed by atoms with Crippen LogP contribution in [0.15, 0.2) is 30.9 Å². The molecule has 0 aliphatic rings. The first-order valence-electron chi connectivity index (χ1n) is 5.12. The minimum atomic E-state index is -0.356. The Kier molecular flexibility index (Phi) is 2.96. The number of nitrogens with two attached hydrogens (primary N) is 1. The number of halogens is 1. The summed E-state index contributed by atoms with van der Waals surface area (Å²) in [5, 5.41) is 0. The van der Waals surface area contributed by atoms with Crippen LogP contribution in [0, 0.1) is 5.82 Å². The van der Waals surface area contributed by atoms with Crippen molar-refractivity contribution in [3.63, 3.8) is 0 Å². The standard InChI is InChI=1S/C11H13FN4/c1-2-9(13)10-6-14-7-16(10)11-4-3-8(12)5-15-11/h3-7,9H,2,13H2,1H3/t9-/m1/s1. The van der Waals surface area contributed by atoms with E-state index in [0.717, 1.165) is 12.1 Å². The summed E-state index contributed by atoms with van der Waals surface area (Å²) in [6.07, 6.45) is 5.33. The van der Waals surface area contributed by atoms with Gasteiger partial charge in [0.1, 0.15) is 18.0 Å². The largest absolute Gasteiger partial charge is 0.323 e. The van der Waals surface area contributed by atoms with E-state index in [0.29, 0.717) is 5.82 Å². The maximum atomic E-state index is 12.7. The van der Waals surface area contributed by atoms with Crippen molar-refractivity contribution >= 4 is 0 Å². The molecule has 0 bridgehead atoms. The highest BCUT2D eigenvalue weighted by molar-refractivity contribution is 5.26. The second-order valence-electron chi connectivity index (χ2n) is 3.54. The van der Waals surface area contributed by atoms with E-state index in [4.69, 9.17) is 5.73 Å². The van der Waals surface area contributed by atoms with Gasteiger partial charge in [-0.1, -0.05) is 6.92 Å². The number of pyridine rings is 1. The predicted octanol–water partition coefficient (Wildman–Crippen LogP) is 1.82. The van der Waals surface area contributed by atoms with Crippen molar-refractivity contribution in [3.8, 4) is 5.82 Å². The highest BCUT2D eigenvalue weighted by Gasteiger charge is 2.11. The molecule has 2 aromatic heterocycles. The molecule has 0 aromatic carbocycles. The monoisotopic (exact) mass is 220 g/mol. The third-order valence-electron chi connectivity index (χ3n) is 2.45. The summed E-state index contributed by atoms with van der Waals surface area (Å²) in [6.45, 7) is 2.00. The minimum Gasteiger partial charge on any atom is -0.323 e. The van der Waals surface area contributed by atoms with Gasteiger partial charge in [-0.15, -0.1) is 0 Å². The van der Waals surface area contributed by atoms with Crippen molar-refractivity contribution < 1.29 is 4.39 Å². The van der Waals surface area contributed by atoms with Crippen LogP contribution in [0.2, 0.25) is 0 Å². The Balaban J connectivity index is 2.40. The number of aromatic nitrogens is 3. The third kappa shape index (κ3) is 1.94. The lowest BCUT2D eigenvalue weighted by molar-refractivity contribution is 0.617. The van der Waals surface area contributed by atoms with E-state index >= 15 is 0 Å². The highest BCUT2D eigenvalue weighted by Crippen LogP contribution is 2.16. The van der Waals surface area contributed by atoms with Gasteiger partial charge in [0.2, 0.25) is 0 Å². The summed E-state index contributed by atoms with van der Waals surface area (Å²) >= 11 is 0. The molecule has 4 nitrogen and oxygen atoms in total. The molecule has 0 spiro atoms. The van der Waals surface area contributed by atoms with Gasteiger partial charge in [-0.3, -0.25) is 4.57 Å². The average molecular weight is 220 g/mol. The molecule has 0 aliphatic carbocycles. The van der Waals surface area contributed by atoms with E-state index in [9.17, 15) is 4.39 Å². The van der Waals surface area contributed by atoms with E-state index in [1.165, 1.54) is 12.3 Å². The van der Waals surface area contributed by atoms with Crippen LogP contribution in [0.25, 0.3) is 5.82 Å². The number of rotatable bonds is 3. The smallest absolute Gasteiger partial charge is 0.141 e. The van der Waals surface area contributed by atoms with Crippen LogP contribution in [0.5, 0.6) is 0 Å². The molecule has 0 saturated carbocycles. The fourth-order valence-electron chi connectivity index (χ4n) is 1.49. The molecule has 0 unspecified atom stereocenters. The molecule has 2 aromatic rings. The molecule has 2 heterocycles. The van der Waals surface area contributed by atoms with Crippen LogP contribution >= 0.6 is 0 Å². The molecule has 0 fully saturated rings. The minimum absolute atomic E-state index is 0.0886.